The van der Waals surface area contributed by atoms with Crippen molar-refractivity contribution in [1.29, 1.82) is 0 Å². The highest BCUT2D eigenvalue weighted by Gasteiger charge is 2.55. The molecule has 0 radical (unpaired) electrons. The monoisotopic (exact) mass is 140 g/mol. The van der Waals surface area contributed by atoms with Crippen LogP contribution in [0.4, 0.5) is 0 Å². The average Bonchev–Trinajstić information content (AvgIpc) is 2.62. The average molecular weight is 140 g/mol. The zero-order chi connectivity index (χ0) is 7.03. The van der Waals surface area contributed by atoms with Crippen molar-refractivity contribution in [3.63, 3.8) is 0 Å². The summed E-state index contributed by atoms with van der Waals surface area (Å²) in [6.45, 7) is 2.25. The predicted octanol–water partition coefficient (Wildman–Crippen LogP) is 2.50. The van der Waals surface area contributed by atoms with Crippen molar-refractivity contribution in [2.45, 2.75) is 57.2 Å². The largest absolute Gasteiger partial charge is 0.366 e. The molecule has 10 heavy (non-hydrogen) atoms. The Morgan fingerprint density at radius 3 is 3.10 bits per heavy atom. The molecule has 1 aliphatic heterocycles. The molecular weight excluding hydrogens is 124 g/mol. The zero-order valence-corrected chi connectivity index (χ0v) is 6.73. The molecule has 0 spiro atoms. The maximum Gasteiger partial charge on any atom is 0.0948 e. The van der Waals surface area contributed by atoms with E-state index in [0.717, 1.165) is 0 Å². The van der Waals surface area contributed by atoms with E-state index in [4.69, 9.17) is 4.74 Å². The first-order chi connectivity index (χ1) is 4.87. The van der Waals surface area contributed by atoms with Crippen molar-refractivity contribution >= 4 is 0 Å². The second-order valence-electron chi connectivity index (χ2n) is 3.67. The van der Waals surface area contributed by atoms with E-state index >= 15 is 0 Å². The van der Waals surface area contributed by atoms with Crippen LogP contribution in [0.25, 0.3) is 0 Å². The van der Waals surface area contributed by atoms with Crippen LogP contribution in [0.1, 0.15) is 45.4 Å². The summed E-state index contributed by atoms with van der Waals surface area (Å²) in [5.74, 6) is 0. The van der Waals surface area contributed by atoms with E-state index < -0.39 is 0 Å². The maximum absolute atomic E-state index is 5.71. The highest BCUT2D eigenvalue weighted by atomic mass is 16.6. The molecule has 0 amide bonds. The van der Waals surface area contributed by atoms with Crippen molar-refractivity contribution < 1.29 is 4.74 Å². The molecule has 1 saturated heterocycles. The third-order valence-corrected chi connectivity index (χ3v) is 2.90. The lowest BCUT2D eigenvalue weighted by molar-refractivity contribution is 0.270. The molecule has 2 rings (SSSR count). The Morgan fingerprint density at radius 2 is 2.40 bits per heavy atom. The first kappa shape index (κ1) is 6.66. The van der Waals surface area contributed by atoms with Crippen molar-refractivity contribution in [3.05, 3.63) is 0 Å². The number of hydrogen-bond acceptors (Lipinski definition) is 1. The molecule has 0 aromatic rings. The van der Waals surface area contributed by atoms with Gasteiger partial charge in [0.1, 0.15) is 0 Å². The molecule has 1 nitrogen and oxygen atoms in total. The quantitative estimate of drug-likeness (QED) is 0.537. The Morgan fingerprint density at radius 1 is 1.50 bits per heavy atom. The number of fused-ring (bicyclic) bond motifs is 1. The molecule has 0 bridgehead atoms. The third kappa shape index (κ3) is 0.878. The zero-order valence-electron chi connectivity index (χ0n) is 6.73. The van der Waals surface area contributed by atoms with Crippen molar-refractivity contribution in [3.8, 4) is 0 Å². The van der Waals surface area contributed by atoms with Gasteiger partial charge in [-0.05, 0) is 19.3 Å². The van der Waals surface area contributed by atoms with Gasteiger partial charge in [-0.1, -0.05) is 26.2 Å². The van der Waals surface area contributed by atoms with Crippen LogP contribution >= 0.6 is 0 Å². The molecule has 1 saturated carbocycles. The molecule has 0 aromatic heterocycles. The lowest BCUT2D eigenvalue weighted by Gasteiger charge is -2.15. The summed E-state index contributed by atoms with van der Waals surface area (Å²) < 4.78 is 5.71. The SMILES string of the molecule is CCCC12CCCCC1O2. The van der Waals surface area contributed by atoms with E-state index in [2.05, 4.69) is 6.92 Å². The molecule has 2 aliphatic rings. The van der Waals surface area contributed by atoms with Crippen LogP contribution in [0.15, 0.2) is 0 Å². The van der Waals surface area contributed by atoms with Crippen LogP contribution in [0, 0.1) is 0 Å². The first-order valence-corrected chi connectivity index (χ1v) is 4.55. The van der Waals surface area contributed by atoms with Gasteiger partial charge in [-0.2, -0.15) is 0 Å². The fourth-order valence-corrected chi connectivity index (χ4v) is 2.31. The van der Waals surface area contributed by atoms with Gasteiger partial charge in [-0.25, -0.2) is 0 Å². The molecule has 0 aromatic carbocycles. The van der Waals surface area contributed by atoms with Gasteiger partial charge in [0, 0.05) is 0 Å². The van der Waals surface area contributed by atoms with Gasteiger partial charge in [0.15, 0.2) is 0 Å². The fraction of sp³-hybridized carbons (Fsp3) is 1.00. The summed E-state index contributed by atoms with van der Waals surface area (Å²) >= 11 is 0. The molecular formula is C9H16O. The maximum atomic E-state index is 5.71. The lowest BCUT2D eigenvalue weighted by Crippen LogP contribution is -2.18. The molecule has 1 heteroatoms. The Hall–Kier alpha value is -0.0400. The molecule has 1 heterocycles. The summed E-state index contributed by atoms with van der Waals surface area (Å²) in [5.41, 5.74) is 0.396. The summed E-state index contributed by atoms with van der Waals surface area (Å²) in [5, 5.41) is 0. The van der Waals surface area contributed by atoms with Crippen LogP contribution in [-0.2, 0) is 4.74 Å². The Bertz CT molecular complexity index is 129. The van der Waals surface area contributed by atoms with Gasteiger partial charge in [-0.3, -0.25) is 0 Å². The normalized spacial score (nSPS) is 44.7. The van der Waals surface area contributed by atoms with E-state index in [1.165, 1.54) is 38.5 Å². The first-order valence-electron chi connectivity index (χ1n) is 4.55. The Kier molecular flexibility index (Phi) is 1.48. The van der Waals surface area contributed by atoms with Crippen LogP contribution in [-0.4, -0.2) is 11.7 Å². The van der Waals surface area contributed by atoms with E-state index in [9.17, 15) is 0 Å². The minimum atomic E-state index is 0.396. The van der Waals surface area contributed by atoms with E-state index in [-0.39, 0.29) is 0 Å². The van der Waals surface area contributed by atoms with Crippen molar-refractivity contribution in [2.75, 3.05) is 0 Å². The standard InChI is InChI=1S/C9H16O/c1-2-6-9-7-4-3-5-8(9)10-9/h8H,2-7H2,1H3. The van der Waals surface area contributed by atoms with E-state index in [1.807, 2.05) is 0 Å². The number of rotatable bonds is 2. The van der Waals surface area contributed by atoms with Gasteiger partial charge >= 0.3 is 0 Å². The van der Waals surface area contributed by atoms with Crippen LogP contribution in [0.2, 0.25) is 0 Å². The molecule has 2 unspecified atom stereocenters. The highest BCUT2D eigenvalue weighted by molar-refractivity contribution is 5.04. The van der Waals surface area contributed by atoms with Crippen LogP contribution in [0.3, 0.4) is 0 Å². The highest BCUT2D eigenvalue weighted by Crippen LogP contribution is 2.50. The minimum absolute atomic E-state index is 0.396. The van der Waals surface area contributed by atoms with Crippen molar-refractivity contribution in [1.82, 2.24) is 0 Å². The van der Waals surface area contributed by atoms with Crippen LogP contribution in [0.5, 0.6) is 0 Å². The van der Waals surface area contributed by atoms with Crippen LogP contribution < -0.4 is 0 Å². The van der Waals surface area contributed by atoms with Gasteiger partial charge in [0.2, 0.25) is 0 Å². The molecule has 0 N–H and O–H groups in total. The van der Waals surface area contributed by atoms with E-state index in [1.54, 1.807) is 0 Å². The topological polar surface area (TPSA) is 12.5 Å². The van der Waals surface area contributed by atoms with Crippen molar-refractivity contribution in [2.24, 2.45) is 0 Å². The molecule has 1 aliphatic carbocycles. The predicted molar refractivity (Wildman–Crippen MR) is 41.0 cm³/mol. The second kappa shape index (κ2) is 2.23. The third-order valence-electron chi connectivity index (χ3n) is 2.90. The minimum Gasteiger partial charge on any atom is -0.366 e. The van der Waals surface area contributed by atoms with Gasteiger partial charge in [0.25, 0.3) is 0 Å². The summed E-state index contributed by atoms with van der Waals surface area (Å²) in [6.07, 6.45) is 8.73. The second-order valence-corrected chi connectivity index (χ2v) is 3.67. The number of ether oxygens (including phenoxy) is 1. The number of hydrogen-bond donors (Lipinski definition) is 0. The number of epoxide rings is 1. The lowest BCUT2D eigenvalue weighted by atomic mass is 9.86. The summed E-state index contributed by atoms with van der Waals surface area (Å²) in [4.78, 5) is 0. The summed E-state index contributed by atoms with van der Waals surface area (Å²) in [6, 6.07) is 0. The summed E-state index contributed by atoms with van der Waals surface area (Å²) in [7, 11) is 0. The fourth-order valence-electron chi connectivity index (χ4n) is 2.31. The van der Waals surface area contributed by atoms with Gasteiger partial charge in [-0.15, -0.1) is 0 Å². The Balaban J connectivity index is 1.92. The Labute approximate surface area is 62.8 Å². The molecule has 2 atom stereocenters. The van der Waals surface area contributed by atoms with Gasteiger partial charge < -0.3 is 4.74 Å². The molecule has 58 valence electrons. The van der Waals surface area contributed by atoms with Gasteiger partial charge in [0.05, 0.1) is 11.7 Å². The van der Waals surface area contributed by atoms with E-state index in [0.29, 0.717) is 11.7 Å². The smallest absolute Gasteiger partial charge is 0.0948 e. The molecule has 2 fully saturated rings.